The van der Waals surface area contributed by atoms with Gasteiger partial charge in [-0.15, -0.1) is 0 Å². The van der Waals surface area contributed by atoms with Crippen molar-refractivity contribution in [2.75, 3.05) is 0 Å². The average molecular weight is 426 g/mol. The Morgan fingerprint density at radius 2 is 2.06 bits per heavy atom. The molecule has 0 aliphatic heterocycles. The van der Waals surface area contributed by atoms with Crippen molar-refractivity contribution in [3.05, 3.63) is 74.8 Å². The van der Waals surface area contributed by atoms with Crippen molar-refractivity contribution in [1.29, 1.82) is 5.26 Å². The van der Waals surface area contributed by atoms with E-state index in [1.54, 1.807) is 13.0 Å². The second-order valence-electron chi connectivity index (χ2n) is 7.75. The molecule has 3 N–H and O–H groups in total. The summed E-state index contributed by atoms with van der Waals surface area (Å²) in [4.78, 5) is 31.9. The Hall–Kier alpha value is -3.64. The lowest BCUT2D eigenvalue weighted by Gasteiger charge is -2.31. The average Bonchev–Trinajstić information content (AvgIpc) is 2.68. The third-order valence-corrected chi connectivity index (χ3v) is 5.03. The first kappa shape index (κ1) is 22.1. The van der Waals surface area contributed by atoms with Crippen LogP contribution in [-0.4, -0.2) is 26.6 Å². The number of amides is 1. The number of carbonyl (C=O) groups excluding carboxylic acids is 1. The molecule has 0 fully saturated rings. The van der Waals surface area contributed by atoms with Crippen molar-refractivity contribution in [2.24, 2.45) is 0 Å². The molecule has 0 bridgehead atoms. The molecule has 0 saturated heterocycles. The lowest BCUT2D eigenvalue weighted by Crippen LogP contribution is -2.43. The summed E-state index contributed by atoms with van der Waals surface area (Å²) < 4.78 is 27.6. The highest BCUT2D eigenvalue weighted by molar-refractivity contribution is 5.88. The number of hydrogen-bond acceptors (Lipinski definition) is 5. The molecule has 3 aromatic rings. The number of fused-ring (bicyclic) bond motifs is 1. The van der Waals surface area contributed by atoms with E-state index in [-0.39, 0.29) is 23.2 Å². The van der Waals surface area contributed by atoms with Gasteiger partial charge in [0.1, 0.15) is 23.4 Å². The van der Waals surface area contributed by atoms with Gasteiger partial charge in [-0.1, -0.05) is 6.07 Å². The van der Waals surface area contributed by atoms with Gasteiger partial charge in [-0.3, -0.25) is 9.59 Å². The number of aryl methyl sites for hydroxylation is 1. The number of nitrogens with one attached hydrogen (secondary N) is 2. The number of pyridine rings is 2. The van der Waals surface area contributed by atoms with Gasteiger partial charge in [-0.05, 0) is 38.5 Å². The Kier molecular flexibility index (Phi) is 5.86. The minimum atomic E-state index is -1.59. The van der Waals surface area contributed by atoms with Crippen LogP contribution in [0.3, 0.4) is 0 Å². The number of aliphatic hydroxyl groups is 1. The zero-order valence-corrected chi connectivity index (χ0v) is 17.1. The molecule has 2 heterocycles. The van der Waals surface area contributed by atoms with Gasteiger partial charge in [-0.2, -0.15) is 5.26 Å². The highest BCUT2D eigenvalue weighted by atomic mass is 19.1. The van der Waals surface area contributed by atoms with Gasteiger partial charge in [0.15, 0.2) is 0 Å². The number of carbonyl (C=O) groups is 1. The van der Waals surface area contributed by atoms with Gasteiger partial charge in [0.25, 0.3) is 5.56 Å². The molecule has 0 spiro atoms. The maximum atomic E-state index is 14.3. The van der Waals surface area contributed by atoms with Crippen molar-refractivity contribution in [3.8, 4) is 6.07 Å². The first-order valence-electron chi connectivity index (χ1n) is 9.40. The Morgan fingerprint density at radius 3 is 2.68 bits per heavy atom. The number of aromatic nitrogens is 2. The summed E-state index contributed by atoms with van der Waals surface area (Å²) in [6.07, 6.45) is 1.01. The summed E-state index contributed by atoms with van der Waals surface area (Å²) in [5.74, 6) is -2.37. The molecular formula is C22H20F2N4O3. The topological polar surface area (TPSA) is 119 Å². The number of H-pyrrole nitrogens is 1. The molecular weight excluding hydrogens is 406 g/mol. The number of hydrogen-bond donors (Lipinski definition) is 3. The molecule has 2 aromatic heterocycles. The maximum absolute atomic E-state index is 14.3. The van der Waals surface area contributed by atoms with Crippen LogP contribution in [0, 0.1) is 29.9 Å². The molecule has 1 aromatic carbocycles. The second-order valence-corrected chi connectivity index (χ2v) is 7.75. The lowest BCUT2D eigenvalue weighted by atomic mass is 9.91. The predicted octanol–water partition coefficient (Wildman–Crippen LogP) is 2.55. The minimum Gasteiger partial charge on any atom is -0.388 e. The zero-order chi connectivity index (χ0) is 22.9. The molecule has 0 radical (unpaired) electrons. The van der Waals surface area contributed by atoms with Crippen LogP contribution in [0.5, 0.6) is 0 Å². The van der Waals surface area contributed by atoms with Crippen molar-refractivity contribution < 1.29 is 18.7 Å². The number of nitrogens with zero attached hydrogens (tertiary/aromatic N) is 2. The summed E-state index contributed by atoms with van der Waals surface area (Å²) in [5, 5.41) is 22.7. The van der Waals surface area contributed by atoms with Gasteiger partial charge in [0.05, 0.1) is 23.6 Å². The SMILES string of the molecule is Cc1c(CC(=O)N[C@@H](c2ccc(F)cc2F)C(C)(C)O)c(=O)[nH]c2ccnc(C#N)c12. The molecule has 1 atom stereocenters. The van der Waals surface area contributed by atoms with E-state index in [9.17, 15) is 28.7 Å². The van der Waals surface area contributed by atoms with Crippen LogP contribution in [0.15, 0.2) is 35.3 Å². The van der Waals surface area contributed by atoms with Gasteiger partial charge in [0, 0.05) is 28.8 Å². The number of halogens is 2. The molecule has 0 saturated carbocycles. The Labute approximate surface area is 176 Å². The number of rotatable bonds is 5. The third kappa shape index (κ3) is 4.44. The smallest absolute Gasteiger partial charge is 0.252 e. The van der Waals surface area contributed by atoms with Crippen LogP contribution in [0.4, 0.5) is 8.78 Å². The van der Waals surface area contributed by atoms with Gasteiger partial charge < -0.3 is 15.4 Å². The van der Waals surface area contributed by atoms with Crippen molar-refractivity contribution in [2.45, 2.75) is 38.8 Å². The van der Waals surface area contributed by atoms with Gasteiger partial charge in [-0.25, -0.2) is 13.8 Å². The van der Waals surface area contributed by atoms with E-state index >= 15 is 0 Å². The highest BCUT2D eigenvalue weighted by Crippen LogP contribution is 2.28. The van der Waals surface area contributed by atoms with E-state index in [1.165, 1.54) is 20.0 Å². The Morgan fingerprint density at radius 1 is 1.35 bits per heavy atom. The molecule has 160 valence electrons. The Bertz CT molecular complexity index is 1270. The summed E-state index contributed by atoms with van der Waals surface area (Å²) >= 11 is 0. The standard InChI is InChI=1S/C22H20F2N4O3/c1-11-14(21(30)27-16-6-7-26-17(10-25)19(11)16)9-18(29)28-20(22(2,3)31)13-5-4-12(23)8-15(13)24/h4-8,20,31H,9H2,1-3H3,(H,27,30)(H,28,29)/t20-/m0/s1. The molecule has 0 unspecified atom stereocenters. The molecule has 0 aliphatic carbocycles. The predicted molar refractivity (Wildman–Crippen MR) is 109 cm³/mol. The zero-order valence-electron chi connectivity index (χ0n) is 17.1. The molecule has 31 heavy (non-hydrogen) atoms. The van der Waals surface area contributed by atoms with Crippen LogP contribution in [0.1, 0.15) is 42.3 Å². The van der Waals surface area contributed by atoms with Crippen molar-refractivity contribution in [3.63, 3.8) is 0 Å². The fourth-order valence-corrected chi connectivity index (χ4v) is 3.51. The van der Waals surface area contributed by atoms with Crippen molar-refractivity contribution in [1.82, 2.24) is 15.3 Å². The van der Waals surface area contributed by atoms with Crippen LogP contribution in [0.25, 0.3) is 10.9 Å². The monoisotopic (exact) mass is 426 g/mol. The summed E-state index contributed by atoms with van der Waals surface area (Å²) in [6, 6.07) is 5.14. The van der Waals surface area contributed by atoms with E-state index < -0.39 is 34.7 Å². The molecule has 0 aliphatic rings. The van der Waals surface area contributed by atoms with Crippen LogP contribution < -0.4 is 10.9 Å². The van der Waals surface area contributed by atoms with Crippen molar-refractivity contribution >= 4 is 16.8 Å². The number of benzene rings is 1. The molecule has 9 heteroatoms. The quantitative estimate of drug-likeness (QED) is 0.579. The minimum absolute atomic E-state index is 0.0950. The number of nitriles is 1. The summed E-state index contributed by atoms with van der Waals surface area (Å²) in [6.45, 7) is 4.36. The van der Waals surface area contributed by atoms with Crippen LogP contribution in [0.2, 0.25) is 0 Å². The maximum Gasteiger partial charge on any atom is 0.252 e. The van der Waals surface area contributed by atoms with Crippen LogP contribution in [-0.2, 0) is 11.2 Å². The lowest BCUT2D eigenvalue weighted by molar-refractivity contribution is -0.123. The third-order valence-electron chi connectivity index (χ3n) is 5.03. The van der Waals surface area contributed by atoms with E-state index in [1.807, 2.05) is 6.07 Å². The summed E-state index contributed by atoms with van der Waals surface area (Å²) in [7, 11) is 0. The second kappa shape index (κ2) is 8.24. The highest BCUT2D eigenvalue weighted by Gasteiger charge is 2.32. The molecule has 7 nitrogen and oxygen atoms in total. The Balaban J connectivity index is 1.98. The van der Waals surface area contributed by atoms with E-state index in [0.29, 0.717) is 22.5 Å². The fraction of sp³-hybridized carbons (Fsp3) is 0.273. The van der Waals surface area contributed by atoms with E-state index in [2.05, 4.69) is 15.3 Å². The van der Waals surface area contributed by atoms with E-state index in [0.717, 1.165) is 12.1 Å². The van der Waals surface area contributed by atoms with Crippen LogP contribution >= 0.6 is 0 Å². The molecule has 1 amide bonds. The summed E-state index contributed by atoms with van der Waals surface area (Å²) in [5.41, 5.74) is -1.13. The first-order valence-corrected chi connectivity index (χ1v) is 9.40. The van der Waals surface area contributed by atoms with Gasteiger partial charge >= 0.3 is 0 Å². The fourth-order valence-electron chi connectivity index (χ4n) is 3.51. The number of aromatic amines is 1. The molecule has 3 rings (SSSR count). The van der Waals surface area contributed by atoms with Gasteiger partial charge in [0.2, 0.25) is 5.91 Å². The normalized spacial score (nSPS) is 12.4. The largest absolute Gasteiger partial charge is 0.388 e. The first-order chi connectivity index (χ1) is 14.5. The van der Waals surface area contributed by atoms with E-state index in [4.69, 9.17) is 0 Å².